The average molecular weight is 2090 g/mol. The lowest BCUT2D eigenvalue weighted by atomic mass is 10.00. The Kier molecular flexibility index (Phi) is 51.7. The number of aromatic nitrogens is 1. The van der Waals surface area contributed by atoms with Crippen molar-refractivity contribution in [3.8, 4) is 5.75 Å². The third-order valence-corrected chi connectivity index (χ3v) is 23.5. The highest BCUT2D eigenvalue weighted by atomic mass is 19.4. The Morgan fingerprint density at radius 3 is 1.21 bits per heavy atom. The number of carbonyl (C=O) groups excluding carboxylic acids is 20. The van der Waals surface area contributed by atoms with Gasteiger partial charge in [-0.15, -0.1) is 0 Å². The van der Waals surface area contributed by atoms with Crippen LogP contribution >= 0.6 is 0 Å². The predicted octanol–water partition coefficient (Wildman–Crippen LogP) is -7.09. The van der Waals surface area contributed by atoms with Crippen LogP contribution in [0.4, 0.5) is 13.2 Å². The fraction of sp³-hybridized carbons (Fsp3) is 0.537. The summed E-state index contributed by atoms with van der Waals surface area (Å²) in [5.41, 5.74) is 38.8. The predicted molar refractivity (Wildman–Crippen MR) is 525 cm³/mol. The minimum absolute atomic E-state index is 0.0557. The minimum atomic E-state index is -4.87. The largest absolute Gasteiger partial charge is 0.508 e. The SMILES string of the molecule is CC(C)C[C@H](NC(=O)[C@H](Cc1ccc(O)cc1)NC(=O)c1ccc(C(F)(F)F)nc1)C(=O)N[C@@H](CCC(N)=O)C(=O)N[C@@H](CC(N)=O)C(=O)N[C@H](C(=O)N[C@@H](Cc1ccccc1)C(=O)N[C@@H](CCCCN)C(=O)N[C@H](C(=O)N[C@@H](CO)C(=O)N[C@@H](CCCCN)C(=O)N[C@@H](CCCNC(=N)N)C(=O)N[C@@H](CCC(N)=O)C(=O)N[C@@H](CO)C(=O)N[C@@H](Cc1ccccc1)C(=O)N[C@@H](C)C(=O)N1CCC[C@H]1C(N)=O)C(C)C)[C@@H](C)O. The number of likely N-dealkylation sites (tertiary alicyclic amines) is 1. The molecule has 53 heteroatoms. The molecule has 1 aliphatic rings. The number of pyridine rings is 1. The number of alkyl halides is 3. The quantitative estimate of drug-likeness (QED) is 0.0111. The van der Waals surface area contributed by atoms with Crippen LogP contribution in [-0.2, 0) is 117 Å². The number of hydrogen-bond acceptors (Lipinski definition) is 28. The molecule has 1 aliphatic heterocycles. The summed E-state index contributed by atoms with van der Waals surface area (Å²) in [4.78, 5) is 284. The number of primary amides is 4. The van der Waals surface area contributed by atoms with Gasteiger partial charge in [0.25, 0.3) is 5.91 Å². The number of aromatic hydroxyl groups is 1. The number of hydrogen-bond donors (Lipinski definition) is 28. The van der Waals surface area contributed by atoms with E-state index < -0.39 is 301 Å². The summed E-state index contributed by atoms with van der Waals surface area (Å²) in [5, 5.41) is 89.4. The van der Waals surface area contributed by atoms with E-state index in [0.29, 0.717) is 41.8 Å². The van der Waals surface area contributed by atoms with E-state index in [9.17, 15) is 129 Å². The highest BCUT2D eigenvalue weighted by Crippen LogP contribution is 2.28. The number of nitrogens with zero attached hydrogens (tertiary/aromatic N) is 2. The fourth-order valence-corrected chi connectivity index (χ4v) is 15.4. The zero-order chi connectivity index (χ0) is 110. The summed E-state index contributed by atoms with van der Waals surface area (Å²) in [5.74, 6) is -23.8. The summed E-state index contributed by atoms with van der Waals surface area (Å²) in [7, 11) is 0. The van der Waals surface area contributed by atoms with Crippen molar-refractivity contribution in [3.63, 3.8) is 0 Å². The highest BCUT2D eigenvalue weighted by Gasteiger charge is 2.43. The molecule has 3 aromatic carbocycles. The van der Waals surface area contributed by atoms with Crippen LogP contribution in [0.5, 0.6) is 5.75 Å². The molecule has 17 atom stereocenters. The van der Waals surface area contributed by atoms with Crippen LogP contribution in [0.25, 0.3) is 0 Å². The lowest BCUT2D eigenvalue weighted by molar-refractivity contribution is -0.141. The molecule has 1 aromatic heterocycles. The zero-order valence-corrected chi connectivity index (χ0v) is 83.0. The topological polar surface area (TPSA) is 837 Å². The van der Waals surface area contributed by atoms with E-state index in [1.165, 1.54) is 49.9 Å². The van der Waals surface area contributed by atoms with Gasteiger partial charge in [-0.3, -0.25) is 106 Å². The first kappa shape index (κ1) is 123. The van der Waals surface area contributed by atoms with E-state index in [1.807, 2.05) is 0 Å². The van der Waals surface area contributed by atoms with Crippen molar-refractivity contribution in [3.05, 3.63) is 131 Å². The third kappa shape index (κ3) is 42.5. The van der Waals surface area contributed by atoms with E-state index >= 15 is 0 Å². The summed E-state index contributed by atoms with van der Waals surface area (Å²) >= 11 is 0. The van der Waals surface area contributed by atoms with Gasteiger partial charge in [0, 0.05) is 51.4 Å². The van der Waals surface area contributed by atoms with E-state index in [4.69, 9.17) is 45.5 Å². The van der Waals surface area contributed by atoms with Gasteiger partial charge in [-0.2, -0.15) is 13.2 Å². The number of rotatable bonds is 64. The number of nitrogens with two attached hydrogens (primary N) is 7. The molecule has 5 rings (SSSR count). The fourth-order valence-electron chi connectivity index (χ4n) is 15.4. The number of nitrogens with one attached hydrogen (secondary N) is 17. The van der Waals surface area contributed by atoms with Gasteiger partial charge in [0.1, 0.15) is 108 Å². The molecule has 2 heterocycles. The van der Waals surface area contributed by atoms with Crippen LogP contribution in [0.2, 0.25) is 0 Å². The summed E-state index contributed by atoms with van der Waals surface area (Å²) in [6, 6.07) is -4.14. The van der Waals surface area contributed by atoms with Gasteiger partial charge < -0.3 is 151 Å². The molecule has 148 heavy (non-hydrogen) atoms. The Hall–Kier alpha value is -15.1. The third-order valence-electron chi connectivity index (χ3n) is 23.5. The van der Waals surface area contributed by atoms with Crippen molar-refractivity contribution < 1.29 is 129 Å². The van der Waals surface area contributed by atoms with Gasteiger partial charge in [0.15, 0.2) is 5.96 Å². The van der Waals surface area contributed by atoms with Gasteiger partial charge in [0.05, 0.1) is 31.3 Å². The molecule has 35 N–H and O–H groups in total. The van der Waals surface area contributed by atoms with Crippen LogP contribution in [0, 0.1) is 17.2 Å². The average Bonchev–Trinajstić information content (AvgIpc) is 1.66. The maximum Gasteiger partial charge on any atom is 0.433 e. The first-order valence-electron chi connectivity index (χ1n) is 48.2. The molecule has 50 nitrogen and oxygen atoms in total. The Labute approximate surface area is 851 Å². The van der Waals surface area contributed by atoms with Gasteiger partial charge in [-0.1, -0.05) is 100 Å². The maximum atomic E-state index is 14.9. The van der Waals surface area contributed by atoms with E-state index in [0.717, 1.165) is 13.0 Å². The molecule has 0 saturated carbocycles. The number of phenolic OH excluding ortho intramolecular Hbond substituents is 1. The van der Waals surface area contributed by atoms with Crippen LogP contribution in [-0.4, -0.2) is 297 Å². The Balaban J connectivity index is 1.36. The van der Waals surface area contributed by atoms with E-state index in [1.54, 1.807) is 74.5 Å². The second-order valence-corrected chi connectivity index (χ2v) is 36.4. The molecular weight excluding hydrogens is 1950 g/mol. The van der Waals surface area contributed by atoms with E-state index in [-0.39, 0.29) is 109 Å². The lowest BCUT2D eigenvalue weighted by Gasteiger charge is -2.29. The molecule has 1 fully saturated rings. The molecule has 0 radical (unpaired) electrons. The number of phenols is 1. The van der Waals surface area contributed by atoms with Crippen molar-refractivity contribution in [1.82, 2.24) is 95.0 Å². The van der Waals surface area contributed by atoms with Crippen molar-refractivity contribution in [2.24, 2.45) is 52.0 Å². The summed E-state index contributed by atoms with van der Waals surface area (Å²) < 4.78 is 40.2. The molecule has 0 spiro atoms. The Morgan fingerprint density at radius 1 is 0.426 bits per heavy atom. The van der Waals surface area contributed by atoms with Crippen LogP contribution in [0.3, 0.4) is 0 Å². The second kappa shape index (κ2) is 62.0. The molecule has 814 valence electrons. The standard InChI is InChI=1S/C95H139F3N26O24/c1-49(2)41-63(116-87(142)65(44-55-27-30-57(128)31-28-55)115-78(133)56-29-34-71(108-46-56)95(96,97)98)85(140)114-61(32-35-72(101)129)81(136)118-67(45-74(103)131)88(143)123-76(52(6)127)92(147)119-66(43-54-21-11-8-12-22-54)86(141)111-59(24-14-16-38-100)83(138)122-75(50(3)4)91(146)121-69(48-126)89(144)112-58(23-13-15-37-99)79(134)110-60(25-17-39-107-94(105)106)80(135)113-62(33-36-73(102)130)82(137)120-68(47-125)90(145)117-64(42-53-19-9-7-10-20-53)84(139)109-51(5)93(148)124-40-18-26-70(124)77(104)132/h7-12,19-22,27-31,34,46,49-52,58-70,75-76,125-128H,13-18,23-26,32-33,35-45,47-48,99-100H2,1-6H3,(H2,101,129)(H2,102,130)(H2,103,131)(H2,104,132)(H,109,139)(H,110,134)(H,111,141)(H,112,144)(H,113,135)(H,114,140)(H,115,133)(H,116,142)(H,117,145)(H,118,136)(H,119,147)(H,120,137)(H,121,146)(H,122,138)(H,123,143)(H4,105,106,107)/t51-,52+,58-,59-,60-,61-,62-,63-,64-,65-,66-,67-,68-,69-,70-,75-,76-/m0/s1. The van der Waals surface area contributed by atoms with Crippen molar-refractivity contribution in [2.45, 2.75) is 272 Å². The smallest absolute Gasteiger partial charge is 0.433 e. The molecule has 20 amide bonds. The Morgan fingerprint density at radius 2 is 0.797 bits per heavy atom. The monoisotopic (exact) mass is 2090 g/mol. The normalized spacial score (nSPS) is 15.5. The number of amides is 20. The Bertz CT molecular complexity index is 5190. The number of aliphatic hydroxyl groups is 3. The number of carbonyl (C=O) groups is 20. The first-order chi connectivity index (χ1) is 69.9. The summed E-state index contributed by atoms with van der Waals surface area (Å²) in [6.07, 6.45) is -10.1. The number of guanidine groups is 1. The molecular formula is C95H139F3N26O24. The molecule has 0 aliphatic carbocycles. The number of aliphatic hydroxyl groups excluding tert-OH is 3. The van der Waals surface area contributed by atoms with Crippen LogP contribution < -0.4 is 125 Å². The molecule has 1 saturated heterocycles. The molecule has 0 unspecified atom stereocenters. The number of unbranched alkanes of at least 4 members (excludes halogenated alkanes) is 2. The minimum Gasteiger partial charge on any atom is -0.508 e. The second-order valence-electron chi connectivity index (χ2n) is 36.4. The summed E-state index contributed by atoms with van der Waals surface area (Å²) in [6.45, 7) is 6.51. The first-order valence-corrected chi connectivity index (χ1v) is 48.2. The highest BCUT2D eigenvalue weighted by molar-refractivity contribution is 6.03. The van der Waals surface area contributed by atoms with Crippen molar-refractivity contribution >= 4 is 124 Å². The number of halogens is 3. The maximum absolute atomic E-state index is 14.9. The van der Waals surface area contributed by atoms with Gasteiger partial charge in [-0.25, -0.2) is 0 Å². The van der Waals surface area contributed by atoms with E-state index in [2.05, 4.69) is 90.1 Å². The van der Waals surface area contributed by atoms with Gasteiger partial charge >= 0.3 is 6.18 Å². The van der Waals surface area contributed by atoms with Gasteiger partial charge in [-0.05, 0) is 163 Å². The van der Waals surface area contributed by atoms with Gasteiger partial charge in [0.2, 0.25) is 112 Å². The molecule has 4 aromatic rings. The van der Waals surface area contributed by atoms with Crippen molar-refractivity contribution in [1.29, 1.82) is 5.41 Å². The molecule has 0 bridgehead atoms. The number of benzene rings is 3. The lowest BCUT2D eigenvalue weighted by Crippen LogP contribution is -2.63. The zero-order valence-electron chi connectivity index (χ0n) is 83.0. The van der Waals surface area contributed by atoms with Crippen molar-refractivity contribution in [2.75, 3.05) is 39.4 Å². The van der Waals surface area contributed by atoms with Crippen LogP contribution in [0.1, 0.15) is 177 Å². The van der Waals surface area contributed by atoms with Crippen LogP contribution in [0.15, 0.2) is 103 Å².